The molecule has 1 saturated heterocycles. The van der Waals surface area contributed by atoms with E-state index in [1.54, 1.807) is 25.3 Å². The monoisotopic (exact) mass is 340 g/mol. The van der Waals surface area contributed by atoms with Gasteiger partial charge in [0.1, 0.15) is 5.75 Å². The Morgan fingerprint density at radius 1 is 1.16 bits per heavy atom. The molecule has 0 aromatic heterocycles. The number of nitrogens with one attached hydrogen (secondary N) is 1. The summed E-state index contributed by atoms with van der Waals surface area (Å²) in [5.41, 5.74) is 1.19. The van der Waals surface area contributed by atoms with Gasteiger partial charge in [0.25, 0.3) is 5.91 Å². The molecule has 3 atom stereocenters. The minimum atomic E-state index is 0.0256. The third-order valence-corrected chi connectivity index (χ3v) is 5.71. The van der Waals surface area contributed by atoms with E-state index >= 15 is 0 Å². The second-order valence-electron chi connectivity index (χ2n) is 7.29. The van der Waals surface area contributed by atoms with Gasteiger partial charge < -0.3 is 15.0 Å². The normalized spacial score (nSPS) is 26.9. The van der Waals surface area contributed by atoms with Crippen molar-refractivity contribution in [2.75, 3.05) is 25.5 Å². The molecule has 1 aromatic rings. The van der Waals surface area contributed by atoms with Gasteiger partial charge in [-0.25, -0.2) is 0 Å². The number of allylic oxidation sites excluding steroid dienone is 2. The quantitative estimate of drug-likeness (QED) is 0.857. The maximum atomic E-state index is 12.7. The smallest absolute Gasteiger partial charge is 0.253 e. The molecule has 132 valence electrons. The van der Waals surface area contributed by atoms with Gasteiger partial charge in [0.15, 0.2) is 0 Å². The van der Waals surface area contributed by atoms with Crippen molar-refractivity contribution in [2.45, 2.75) is 25.7 Å². The summed E-state index contributed by atoms with van der Waals surface area (Å²) in [5, 5.41) is 3.01. The average molecular weight is 340 g/mol. The highest BCUT2D eigenvalue weighted by Gasteiger charge is 2.40. The van der Waals surface area contributed by atoms with Crippen LogP contribution in [0.4, 0.5) is 5.69 Å². The molecular weight excluding hydrogens is 316 g/mol. The van der Waals surface area contributed by atoms with Crippen LogP contribution in [0.15, 0.2) is 30.4 Å². The molecule has 2 aliphatic carbocycles. The number of amides is 2. The first kappa shape index (κ1) is 16.2. The second kappa shape index (κ2) is 6.54. The fourth-order valence-corrected chi connectivity index (χ4v) is 4.35. The Balaban J connectivity index is 1.53. The number of methoxy groups -OCH3 is 1. The lowest BCUT2D eigenvalue weighted by molar-refractivity contribution is -0.120. The van der Waals surface area contributed by atoms with Crippen LogP contribution in [0.1, 0.15) is 36.0 Å². The number of anilines is 1. The van der Waals surface area contributed by atoms with Crippen molar-refractivity contribution in [1.82, 2.24) is 4.90 Å². The molecule has 1 aromatic carbocycles. The van der Waals surface area contributed by atoms with Gasteiger partial charge in [-0.3, -0.25) is 9.59 Å². The number of carbonyl (C=O) groups excluding carboxylic acids is 2. The number of hydrogen-bond donors (Lipinski definition) is 1. The summed E-state index contributed by atoms with van der Waals surface area (Å²) in [6.07, 6.45) is 8.52. The molecule has 3 aliphatic rings. The van der Waals surface area contributed by atoms with Gasteiger partial charge in [0, 0.05) is 24.6 Å². The highest BCUT2D eigenvalue weighted by Crippen LogP contribution is 2.44. The Bertz CT molecular complexity index is 722. The third-order valence-electron chi connectivity index (χ3n) is 5.71. The number of carbonyl (C=O) groups is 2. The molecule has 5 nitrogen and oxygen atoms in total. The predicted molar refractivity (Wildman–Crippen MR) is 95.6 cm³/mol. The van der Waals surface area contributed by atoms with Gasteiger partial charge in [-0.05, 0) is 55.7 Å². The summed E-state index contributed by atoms with van der Waals surface area (Å²) in [4.78, 5) is 27.2. The molecule has 0 spiro atoms. The van der Waals surface area contributed by atoms with Crippen molar-refractivity contribution in [2.24, 2.45) is 17.8 Å². The zero-order valence-electron chi connectivity index (χ0n) is 14.5. The van der Waals surface area contributed by atoms with Crippen LogP contribution in [-0.2, 0) is 4.79 Å². The SMILES string of the molecule is COc1ccc(C(=O)N2CCCC2)cc1NC(=O)[C@H]1C[C@H]2C=C[C@H]1C2. The highest BCUT2D eigenvalue weighted by molar-refractivity contribution is 5.99. The minimum absolute atomic E-state index is 0.0256. The highest BCUT2D eigenvalue weighted by atomic mass is 16.5. The lowest BCUT2D eigenvalue weighted by Crippen LogP contribution is -2.28. The van der Waals surface area contributed by atoms with Crippen molar-refractivity contribution < 1.29 is 14.3 Å². The topological polar surface area (TPSA) is 58.6 Å². The van der Waals surface area contributed by atoms with Crippen LogP contribution in [-0.4, -0.2) is 36.9 Å². The molecule has 2 bridgehead atoms. The van der Waals surface area contributed by atoms with Crippen LogP contribution >= 0.6 is 0 Å². The maximum Gasteiger partial charge on any atom is 0.253 e. The number of hydrogen-bond acceptors (Lipinski definition) is 3. The van der Waals surface area contributed by atoms with Gasteiger partial charge >= 0.3 is 0 Å². The Kier molecular flexibility index (Phi) is 4.24. The number of likely N-dealkylation sites (tertiary alicyclic amines) is 1. The van der Waals surface area contributed by atoms with Gasteiger partial charge in [-0.15, -0.1) is 0 Å². The predicted octanol–water partition coefficient (Wildman–Crippen LogP) is 3.08. The summed E-state index contributed by atoms with van der Waals surface area (Å²) in [5.74, 6) is 1.57. The standard InChI is InChI=1S/C20H24N2O3/c1-25-18-7-6-15(20(24)22-8-2-3-9-22)12-17(18)21-19(23)16-11-13-4-5-14(16)10-13/h4-7,12-14,16H,2-3,8-11H2,1H3,(H,21,23)/t13-,14-,16-/m0/s1. The van der Waals surface area contributed by atoms with Crippen LogP contribution in [0.25, 0.3) is 0 Å². The number of benzene rings is 1. The van der Waals surface area contributed by atoms with E-state index in [1.807, 2.05) is 4.90 Å². The van der Waals surface area contributed by atoms with E-state index in [2.05, 4.69) is 17.5 Å². The van der Waals surface area contributed by atoms with Crippen molar-refractivity contribution in [3.05, 3.63) is 35.9 Å². The van der Waals surface area contributed by atoms with E-state index in [0.717, 1.165) is 38.8 Å². The van der Waals surface area contributed by atoms with Crippen LogP contribution in [0.3, 0.4) is 0 Å². The Hall–Kier alpha value is -2.30. The Morgan fingerprint density at radius 3 is 2.60 bits per heavy atom. The van der Waals surface area contributed by atoms with Crippen molar-refractivity contribution in [3.63, 3.8) is 0 Å². The van der Waals surface area contributed by atoms with Crippen molar-refractivity contribution >= 4 is 17.5 Å². The van der Waals surface area contributed by atoms with Gasteiger partial charge in [-0.2, -0.15) is 0 Å². The third kappa shape index (κ3) is 3.03. The Morgan fingerprint density at radius 2 is 1.96 bits per heavy atom. The molecule has 4 rings (SSSR count). The summed E-state index contributed by atoms with van der Waals surface area (Å²) in [6.45, 7) is 1.62. The first-order valence-corrected chi connectivity index (χ1v) is 9.12. The van der Waals surface area contributed by atoms with Crippen molar-refractivity contribution in [1.29, 1.82) is 0 Å². The Labute approximate surface area is 148 Å². The molecule has 1 heterocycles. The summed E-state index contributed by atoms with van der Waals surface area (Å²) in [6, 6.07) is 5.29. The summed E-state index contributed by atoms with van der Waals surface area (Å²) >= 11 is 0. The van der Waals surface area contributed by atoms with Crippen LogP contribution in [0, 0.1) is 17.8 Å². The minimum Gasteiger partial charge on any atom is -0.495 e. The summed E-state index contributed by atoms with van der Waals surface area (Å²) < 4.78 is 5.38. The molecular formula is C20H24N2O3. The van der Waals surface area contributed by atoms with Crippen LogP contribution in [0.5, 0.6) is 5.75 Å². The molecule has 2 amide bonds. The lowest BCUT2D eigenvalue weighted by atomic mass is 9.92. The second-order valence-corrected chi connectivity index (χ2v) is 7.29. The van der Waals surface area contributed by atoms with E-state index in [-0.39, 0.29) is 17.7 Å². The van der Waals surface area contributed by atoms with Crippen LogP contribution < -0.4 is 10.1 Å². The first-order chi connectivity index (χ1) is 12.2. The van der Waals surface area contributed by atoms with E-state index in [9.17, 15) is 9.59 Å². The molecule has 25 heavy (non-hydrogen) atoms. The van der Waals surface area contributed by atoms with Crippen molar-refractivity contribution in [3.8, 4) is 5.75 Å². The fraction of sp³-hybridized carbons (Fsp3) is 0.500. The van der Waals surface area contributed by atoms with E-state index in [4.69, 9.17) is 4.74 Å². The number of rotatable bonds is 4. The van der Waals surface area contributed by atoms with Gasteiger partial charge in [0.2, 0.25) is 5.91 Å². The lowest BCUT2D eigenvalue weighted by Gasteiger charge is -2.20. The molecule has 0 unspecified atom stereocenters. The molecule has 1 aliphatic heterocycles. The maximum absolute atomic E-state index is 12.7. The van der Waals surface area contributed by atoms with Crippen LogP contribution in [0.2, 0.25) is 0 Å². The summed E-state index contributed by atoms with van der Waals surface area (Å²) in [7, 11) is 1.58. The first-order valence-electron chi connectivity index (χ1n) is 9.12. The number of nitrogens with zero attached hydrogens (tertiary/aromatic N) is 1. The molecule has 5 heteroatoms. The molecule has 0 radical (unpaired) electrons. The van der Waals surface area contributed by atoms with E-state index in [0.29, 0.717) is 28.8 Å². The van der Waals surface area contributed by atoms with E-state index in [1.165, 1.54) is 0 Å². The zero-order chi connectivity index (χ0) is 17.4. The number of fused-ring (bicyclic) bond motifs is 2. The van der Waals surface area contributed by atoms with Gasteiger partial charge in [-0.1, -0.05) is 12.2 Å². The average Bonchev–Trinajstić information content (AvgIpc) is 3.38. The fourth-order valence-electron chi connectivity index (χ4n) is 4.35. The molecule has 1 N–H and O–H groups in total. The van der Waals surface area contributed by atoms with E-state index < -0.39 is 0 Å². The van der Waals surface area contributed by atoms with Gasteiger partial charge in [0.05, 0.1) is 12.8 Å². The molecule has 2 fully saturated rings. The number of ether oxygens (including phenoxy) is 1. The molecule has 1 saturated carbocycles. The largest absolute Gasteiger partial charge is 0.495 e. The zero-order valence-corrected chi connectivity index (χ0v) is 14.5.